The zero-order valence-corrected chi connectivity index (χ0v) is 38.6. The van der Waals surface area contributed by atoms with E-state index in [1.807, 2.05) is 59.3 Å². The van der Waals surface area contributed by atoms with Crippen molar-refractivity contribution in [2.24, 2.45) is 10.3 Å². The van der Waals surface area contributed by atoms with E-state index < -0.39 is 23.8 Å². The van der Waals surface area contributed by atoms with Crippen molar-refractivity contribution in [2.75, 3.05) is 91.0 Å². The Morgan fingerprint density at radius 1 is 0.928 bits per heavy atom. The van der Waals surface area contributed by atoms with E-state index in [2.05, 4.69) is 30.9 Å². The van der Waals surface area contributed by atoms with Crippen LogP contribution in [-0.4, -0.2) is 150 Å². The molecule has 69 heavy (non-hydrogen) atoms. The zero-order chi connectivity index (χ0) is 48.5. The van der Waals surface area contributed by atoms with Gasteiger partial charge in [-0.3, -0.25) is 29.1 Å². The van der Waals surface area contributed by atoms with Crippen LogP contribution in [0.1, 0.15) is 52.4 Å². The van der Waals surface area contributed by atoms with Gasteiger partial charge in [-0.2, -0.15) is 10.2 Å². The second-order valence-corrected chi connectivity index (χ2v) is 15.9. The Kier molecular flexibility index (Phi) is 17.4. The van der Waals surface area contributed by atoms with Gasteiger partial charge in [0, 0.05) is 56.6 Å². The Bertz CT molecular complexity index is 2630. The molecule has 4 N–H and O–H groups in total. The number of anilines is 2. The molecule has 5 aromatic rings. The van der Waals surface area contributed by atoms with Crippen LogP contribution in [0.2, 0.25) is 0 Å². The molecular weight excluding hydrogens is 889 g/mol. The molecule has 0 radical (unpaired) electrons. The molecule has 0 bridgehead atoms. The molecule has 2 aromatic heterocycles. The van der Waals surface area contributed by atoms with Gasteiger partial charge < -0.3 is 45.0 Å². The first-order chi connectivity index (χ1) is 33.7. The van der Waals surface area contributed by atoms with Gasteiger partial charge in [-0.1, -0.05) is 29.5 Å². The van der Waals surface area contributed by atoms with Gasteiger partial charge in [0.05, 0.1) is 75.8 Å². The lowest BCUT2D eigenvalue weighted by Crippen LogP contribution is -2.48. The van der Waals surface area contributed by atoms with Crippen molar-refractivity contribution in [3.63, 3.8) is 0 Å². The molecule has 3 aromatic carbocycles. The Morgan fingerprint density at radius 2 is 1.67 bits per heavy atom. The number of rotatable bonds is 25. The summed E-state index contributed by atoms with van der Waals surface area (Å²) < 4.78 is 24.9. The van der Waals surface area contributed by atoms with Crippen molar-refractivity contribution < 1.29 is 42.9 Å². The number of fused-ring (bicyclic) bond motifs is 2. The van der Waals surface area contributed by atoms with Crippen LogP contribution >= 0.6 is 0 Å². The van der Waals surface area contributed by atoms with Crippen molar-refractivity contribution in [1.29, 1.82) is 0 Å². The molecule has 1 saturated heterocycles. The SMILES string of the molecule is C/N=N\N(/C=C/C(=O)N1CCCC(n2nc(-c3ccc(Oc4ccccc4)cc3)c3c(N)ncnc32)C1)CCOCCOCCOCCNc1cccc2c1C(=O)N(C(CCC=O)C(=O)NC)C2=O. The monoisotopic (exact) mass is 944 g/mol. The summed E-state index contributed by atoms with van der Waals surface area (Å²) in [6.07, 6.45) is 6.75. The van der Waals surface area contributed by atoms with Crippen molar-refractivity contribution in [3.8, 4) is 22.8 Å². The maximum atomic E-state index is 13.5. The minimum Gasteiger partial charge on any atom is -0.457 e. The van der Waals surface area contributed by atoms with Gasteiger partial charge in [0.15, 0.2) is 5.65 Å². The number of aromatic nitrogens is 4. The molecule has 0 aliphatic carbocycles. The second-order valence-electron chi connectivity index (χ2n) is 15.9. The van der Waals surface area contributed by atoms with Gasteiger partial charge in [-0.25, -0.2) is 14.6 Å². The van der Waals surface area contributed by atoms with Gasteiger partial charge in [0.1, 0.15) is 41.7 Å². The lowest BCUT2D eigenvalue weighted by Gasteiger charge is -2.32. The minimum absolute atomic E-state index is 0.0229. The van der Waals surface area contributed by atoms with E-state index >= 15 is 0 Å². The van der Waals surface area contributed by atoms with E-state index in [1.54, 1.807) is 30.3 Å². The predicted molar refractivity (Wildman–Crippen MR) is 254 cm³/mol. The van der Waals surface area contributed by atoms with E-state index in [9.17, 15) is 24.0 Å². The maximum Gasteiger partial charge on any atom is 0.264 e. The number of hydrogen-bond acceptors (Lipinski definition) is 16. The summed E-state index contributed by atoms with van der Waals surface area (Å²) in [5, 5.41) is 20.8. The Labute approximate surface area is 398 Å². The van der Waals surface area contributed by atoms with Crippen LogP contribution in [-0.2, 0) is 28.6 Å². The van der Waals surface area contributed by atoms with Gasteiger partial charge in [0.25, 0.3) is 11.8 Å². The highest BCUT2D eigenvalue weighted by atomic mass is 16.5. The van der Waals surface area contributed by atoms with E-state index in [-0.39, 0.29) is 35.9 Å². The summed E-state index contributed by atoms with van der Waals surface area (Å²) in [7, 11) is 2.96. The number of hydrogen-bond donors (Lipinski definition) is 3. The van der Waals surface area contributed by atoms with Crippen LogP contribution in [0.4, 0.5) is 11.5 Å². The molecule has 4 heterocycles. The fourth-order valence-electron chi connectivity index (χ4n) is 8.09. The fraction of sp³-hybridized carbons (Fsp3) is 0.375. The number of piperidine rings is 1. The summed E-state index contributed by atoms with van der Waals surface area (Å²) >= 11 is 0. The van der Waals surface area contributed by atoms with Crippen LogP contribution in [0.15, 0.2) is 102 Å². The first-order valence-electron chi connectivity index (χ1n) is 22.7. The molecule has 21 heteroatoms. The Morgan fingerprint density at radius 3 is 2.41 bits per heavy atom. The van der Waals surface area contributed by atoms with Crippen molar-refractivity contribution in [3.05, 3.63) is 103 Å². The molecule has 2 aliphatic rings. The average Bonchev–Trinajstić information content (AvgIpc) is 3.89. The topological polar surface area (TPSA) is 250 Å². The number of likely N-dealkylation sites (tertiary alicyclic amines) is 1. The number of imide groups is 1. The molecular formula is C48H56N12O9. The van der Waals surface area contributed by atoms with Crippen LogP contribution in [0.3, 0.4) is 0 Å². The number of nitrogens with zero attached hydrogens (tertiary/aromatic N) is 9. The molecule has 1 fully saturated rings. The molecule has 4 amide bonds. The van der Waals surface area contributed by atoms with Crippen LogP contribution in [0.25, 0.3) is 22.3 Å². The summed E-state index contributed by atoms with van der Waals surface area (Å²) in [4.78, 5) is 75.1. The number of nitrogen functional groups attached to an aromatic ring is 1. The minimum atomic E-state index is -1.10. The van der Waals surface area contributed by atoms with Crippen molar-refractivity contribution >= 4 is 52.5 Å². The van der Waals surface area contributed by atoms with E-state index in [0.717, 1.165) is 29.1 Å². The molecule has 0 saturated carbocycles. The number of likely N-dealkylation sites (N-methyl/N-ethyl adjacent to an activating group) is 1. The predicted octanol–water partition coefficient (Wildman–Crippen LogP) is 4.70. The van der Waals surface area contributed by atoms with E-state index in [4.69, 9.17) is 29.8 Å². The molecule has 362 valence electrons. The number of amides is 4. The molecule has 0 spiro atoms. The van der Waals surface area contributed by atoms with Gasteiger partial charge in [-0.15, -0.1) is 0 Å². The normalized spacial score (nSPS) is 15.2. The lowest BCUT2D eigenvalue weighted by atomic mass is 10.1. The third kappa shape index (κ3) is 12.3. The fourth-order valence-corrected chi connectivity index (χ4v) is 8.09. The van der Waals surface area contributed by atoms with Crippen LogP contribution in [0, 0.1) is 0 Å². The number of para-hydroxylation sites is 1. The highest BCUT2D eigenvalue weighted by Gasteiger charge is 2.43. The quantitative estimate of drug-likeness (QED) is 0.0179. The van der Waals surface area contributed by atoms with Gasteiger partial charge in [0.2, 0.25) is 11.8 Å². The van der Waals surface area contributed by atoms with E-state index in [1.165, 1.54) is 30.5 Å². The summed E-state index contributed by atoms with van der Waals surface area (Å²) in [6, 6.07) is 20.8. The Balaban J connectivity index is 0.809. The first kappa shape index (κ1) is 49.3. The average molecular weight is 945 g/mol. The molecule has 21 nitrogen and oxygen atoms in total. The number of benzene rings is 3. The number of carbonyl (C=O) groups excluding carboxylic acids is 5. The largest absolute Gasteiger partial charge is 0.457 e. The smallest absolute Gasteiger partial charge is 0.264 e. The highest BCUT2D eigenvalue weighted by molar-refractivity contribution is 6.25. The standard InChI is InChI=1S/C48H56N12O9/c1-50-46(63)39(14-8-24-61)59-47(64)37-12-6-13-38(41(37)48(59)65)52-20-25-66-27-29-68-30-28-67-26-23-58(56-51-2)22-19-40(62)57-21-7-9-34(31-57)60-45-42(44(49)53-32-54-45)43(55-60)33-15-17-36(18-16-33)69-35-10-4-3-5-11-35/h3-6,10-13,15-19,22,24,32,34,39,52H,7-9,14,20-21,23,25-31H2,1-2H3,(H,50,63)(H2,49,53,54)/b22-19+,56-51-. The van der Waals surface area contributed by atoms with Crippen molar-refractivity contribution in [1.82, 2.24) is 39.9 Å². The van der Waals surface area contributed by atoms with Crippen LogP contribution in [0.5, 0.6) is 11.5 Å². The molecule has 7 rings (SSSR count). The third-order valence-electron chi connectivity index (χ3n) is 11.4. The number of carbonyl (C=O) groups is 5. The summed E-state index contributed by atoms with van der Waals surface area (Å²) in [5.74, 6) is -0.142. The first-order valence-corrected chi connectivity index (χ1v) is 22.7. The summed E-state index contributed by atoms with van der Waals surface area (Å²) in [6.45, 7) is 3.58. The maximum absolute atomic E-state index is 13.5. The Hall–Kier alpha value is -7.62. The van der Waals surface area contributed by atoms with Crippen molar-refractivity contribution in [2.45, 2.75) is 37.8 Å². The number of ether oxygens (including phenoxy) is 4. The third-order valence-corrected chi connectivity index (χ3v) is 11.4. The van der Waals surface area contributed by atoms with E-state index in [0.29, 0.717) is 106 Å². The molecule has 2 unspecified atom stereocenters. The van der Waals surface area contributed by atoms with Gasteiger partial charge in [-0.05, 0) is 67.8 Å². The summed E-state index contributed by atoms with van der Waals surface area (Å²) in [5.41, 5.74) is 9.29. The lowest BCUT2D eigenvalue weighted by molar-refractivity contribution is -0.127. The molecule has 2 aliphatic heterocycles. The second kappa shape index (κ2) is 24.4. The zero-order valence-electron chi connectivity index (χ0n) is 38.6. The highest BCUT2D eigenvalue weighted by Crippen LogP contribution is 2.35. The number of aldehydes is 1. The molecule has 2 atom stereocenters. The number of nitrogens with two attached hydrogens (primary N) is 1. The van der Waals surface area contributed by atoms with Crippen LogP contribution < -0.4 is 21.1 Å². The van der Waals surface area contributed by atoms with Gasteiger partial charge >= 0.3 is 0 Å². The number of nitrogens with one attached hydrogen (secondary N) is 2.